The molecule has 0 spiro atoms. The second-order valence-corrected chi connectivity index (χ2v) is 8.92. The van der Waals surface area contributed by atoms with E-state index in [-0.39, 0.29) is 40.7 Å². The molecule has 3 aliphatic rings. The lowest BCUT2D eigenvalue weighted by Crippen LogP contribution is -2.39. The van der Waals surface area contributed by atoms with Crippen molar-refractivity contribution in [3.05, 3.63) is 51.0 Å². The molecule has 6 nitrogen and oxygen atoms in total. The van der Waals surface area contributed by atoms with E-state index < -0.39 is 6.04 Å². The zero-order chi connectivity index (χ0) is 18.7. The number of nitro groups is 1. The molecule has 0 bridgehead atoms. The normalized spacial score (nSPS) is 35.3. The second-order valence-electron chi connectivity index (χ2n) is 7.86. The monoisotopic (exact) mass is 384 g/mol. The third-order valence-electron chi connectivity index (χ3n) is 6.42. The van der Waals surface area contributed by atoms with Gasteiger partial charge in [-0.3, -0.25) is 14.9 Å². The number of carbonyl (C=O) groups is 1. The number of cyclic esters (lactones) is 1. The highest BCUT2D eigenvalue weighted by Gasteiger charge is 2.54. The van der Waals surface area contributed by atoms with Crippen LogP contribution in [0.2, 0.25) is 0 Å². The van der Waals surface area contributed by atoms with Gasteiger partial charge in [-0.15, -0.1) is 11.3 Å². The number of hydrogen-bond acceptors (Lipinski definition) is 6. The van der Waals surface area contributed by atoms with Crippen LogP contribution in [0, 0.1) is 27.9 Å². The number of hydrogen-bond donors (Lipinski definition) is 0. The zero-order valence-corrected chi connectivity index (χ0v) is 15.7. The lowest BCUT2D eigenvalue weighted by atomic mass is 9.62. The first-order valence-electron chi connectivity index (χ1n) is 9.43. The molecule has 0 unspecified atom stereocenters. The van der Waals surface area contributed by atoms with Crippen molar-refractivity contribution >= 4 is 27.5 Å². The molecule has 7 heteroatoms. The van der Waals surface area contributed by atoms with Crippen molar-refractivity contribution in [2.75, 3.05) is 0 Å². The molecule has 2 aromatic rings. The van der Waals surface area contributed by atoms with Crippen molar-refractivity contribution in [3.63, 3.8) is 0 Å². The Bertz CT molecular complexity index is 935. The van der Waals surface area contributed by atoms with Gasteiger partial charge in [0.15, 0.2) is 0 Å². The fraction of sp³-hybridized carbons (Fsp3) is 0.500. The van der Waals surface area contributed by atoms with Crippen molar-refractivity contribution in [3.8, 4) is 0 Å². The number of aromatic nitrogens is 1. The lowest BCUT2D eigenvalue weighted by Gasteiger charge is -2.41. The van der Waals surface area contributed by atoms with E-state index in [1.165, 1.54) is 0 Å². The summed E-state index contributed by atoms with van der Waals surface area (Å²) in [6, 6.07) is 7.52. The van der Waals surface area contributed by atoms with E-state index in [4.69, 9.17) is 9.72 Å². The van der Waals surface area contributed by atoms with E-state index >= 15 is 0 Å². The summed E-state index contributed by atoms with van der Waals surface area (Å²) in [5.41, 5.74) is 2.03. The fourth-order valence-electron chi connectivity index (χ4n) is 5.22. The summed E-state index contributed by atoms with van der Waals surface area (Å²) in [5.74, 6) is -0.165. The highest BCUT2D eigenvalue weighted by atomic mass is 32.1. The average molecular weight is 384 g/mol. The van der Waals surface area contributed by atoms with Crippen LogP contribution in [0.25, 0.3) is 10.2 Å². The molecule has 1 saturated carbocycles. The van der Waals surface area contributed by atoms with E-state index in [1.54, 1.807) is 11.3 Å². The lowest BCUT2D eigenvalue weighted by molar-refractivity contribution is -0.524. The van der Waals surface area contributed by atoms with E-state index in [9.17, 15) is 14.9 Å². The van der Waals surface area contributed by atoms with Crippen molar-refractivity contribution in [1.82, 2.24) is 4.98 Å². The van der Waals surface area contributed by atoms with Gasteiger partial charge >= 0.3 is 5.97 Å². The number of benzene rings is 1. The van der Waals surface area contributed by atoms with Gasteiger partial charge < -0.3 is 4.74 Å². The Hall–Kier alpha value is -2.28. The quantitative estimate of drug-likeness (QED) is 0.339. The molecule has 0 radical (unpaired) electrons. The minimum absolute atomic E-state index is 0.0546. The van der Waals surface area contributed by atoms with Gasteiger partial charge in [0.2, 0.25) is 6.04 Å². The largest absolute Gasteiger partial charge is 0.462 e. The molecule has 27 heavy (non-hydrogen) atoms. The maximum atomic E-state index is 12.4. The Kier molecular flexibility index (Phi) is 3.82. The van der Waals surface area contributed by atoms with Crippen LogP contribution in [0.1, 0.15) is 37.1 Å². The van der Waals surface area contributed by atoms with E-state index in [2.05, 4.69) is 6.07 Å². The highest BCUT2D eigenvalue weighted by Crippen LogP contribution is 2.55. The number of nitrogens with zero attached hydrogens (tertiary/aromatic N) is 2. The van der Waals surface area contributed by atoms with Crippen molar-refractivity contribution in [2.45, 2.75) is 44.2 Å². The van der Waals surface area contributed by atoms with Crippen LogP contribution in [0.15, 0.2) is 35.9 Å². The predicted molar refractivity (Wildman–Crippen MR) is 101 cm³/mol. The summed E-state index contributed by atoms with van der Waals surface area (Å²) in [5, 5.41) is 12.4. The molecule has 5 rings (SSSR count). The predicted octanol–water partition coefficient (Wildman–Crippen LogP) is 3.94. The maximum Gasteiger partial charge on any atom is 0.313 e. The SMILES string of the molecule is C[C@H]1OC(=O)[C@@H]2C=C3C[C@H]([N+](=O)[O-])CC[C@H]3[C@H](c3nc4ccccc4s3)[C@H]12. The van der Waals surface area contributed by atoms with Crippen molar-refractivity contribution < 1.29 is 14.5 Å². The minimum atomic E-state index is -0.546. The summed E-state index contributed by atoms with van der Waals surface area (Å²) >= 11 is 1.68. The Morgan fingerprint density at radius 1 is 1.30 bits per heavy atom. The molecule has 1 aromatic carbocycles. The van der Waals surface area contributed by atoms with Crippen molar-refractivity contribution in [1.29, 1.82) is 0 Å². The summed E-state index contributed by atoms with van der Waals surface area (Å²) < 4.78 is 6.71. The first-order chi connectivity index (χ1) is 13.0. The van der Waals surface area contributed by atoms with Crippen LogP contribution in [-0.4, -0.2) is 28.0 Å². The Morgan fingerprint density at radius 3 is 2.89 bits per heavy atom. The van der Waals surface area contributed by atoms with Gasteiger partial charge in [-0.05, 0) is 31.4 Å². The Labute approximate surface area is 160 Å². The van der Waals surface area contributed by atoms with Gasteiger partial charge in [-0.1, -0.05) is 23.8 Å². The van der Waals surface area contributed by atoms with E-state index in [0.717, 1.165) is 27.2 Å². The standard InChI is InChI=1S/C20H20N2O4S/c1-10-17-14(20(23)26-10)9-11-8-12(22(24)25)6-7-13(11)18(17)19-21-15-4-2-3-5-16(15)27-19/h2-5,9-10,12-14,17-18H,6-8H2,1H3/t10-,12-,13-,14-,17-,18+/m1/s1. The number of para-hydroxylation sites is 1. The van der Waals surface area contributed by atoms with Crippen LogP contribution >= 0.6 is 11.3 Å². The molecule has 0 amide bonds. The third-order valence-corrected chi connectivity index (χ3v) is 7.56. The molecule has 1 aliphatic heterocycles. The van der Waals surface area contributed by atoms with Gasteiger partial charge in [0.1, 0.15) is 6.10 Å². The van der Waals surface area contributed by atoms with Gasteiger partial charge in [0.25, 0.3) is 0 Å². The van der Waals surface area contributed by atoms with Crippen LogP contribution < -0.4 is 0 Å². The molecule has 2 fully saturated rings. The van der Waals surface area contributed by atoms with Crippen LogP contribution in [0.5, 0.6) is 0 Å². The number of ether oxygens (including phenoxy) is 1. The number of rotatable bonds is 2. The van der Waals surface area contributed by atoms with E-state index in [1.807, 2.05) is 31.2 Å². The fourth-order valence-corrected chi connectivity index (χ4v) is 6.41. The van der Waals surface area contributed by atoms with E-state index in [0.29, 0.717) is 12.8 Å². The molecule has 0 N–H and O–H groups in total. The summed E-state index contributed by atoms with van der Waals surface area (Å²) in [6.07, 6.45) is 3.61. The van der Waals surface area contributed by atoms with Gasteiger partial charge in [0, 0.05) is 29.6 Å². The van der Waals surface area contributed by atoms with Gasteiger partial charge in [-0.2, -0.15) is 0 Å². The number of esters is 1. The van der Waals surface area contributed by atoms with Crippen LogP contribution in [0.3, 0.4) is 0 Å². The summed E-state index contributed by atoms with van der Waals surface area (Å²) in [7, 11) is 0. The van der Waals surface area contributed by atoms with Gasteiger partial charge in [-0.25, -0.2) is 4.98 Å². The molecule has 1 aromatic heterocycles. The summed E-state index contributed by atoms with van der Waals surface area (Å²) in [6.45, 7) is 1.96. The molecule has 6 atom stereocenters. The summed E-state index contributed by atoms with van der Waals surface area (Å²) in [4.78, 5) is 28.5. The molecule has 140 valence electrons. The van der Waals surface area contributed by atoms with Crippen LogP contribution in [-0.2, 0) is 9.53 Å². The second kappa shape index (κ2) is 6.12. The third kappa shape index (κ3) is 2.59. The van der Waals surface area contributed by atoms with Gasteiger partial charge in [0.05, 0.1) is 21.1 Å². The van der Waals surface area contributed by atoms with Crippen molar-refractivity contribution in [2.24, 2.45) is 17.8 Å². The number of carbonyl (C=O) groups excluding carboxylic acids is 1. The maximum absolute atomic E-state index is 12.4. The number of thiazole rings is 1. The minimum Gasteiger partial charge on any atom is -0.462 e. The topological polar surface area (TPSA) is 82.3 Å². The smallest absolute Gasteiger partial charge is 0.313 e. The first-order valence-corrected chi connectivity index (χ1v) is 10.2. The zero-order valence-electron chi connectivity index (χ0n) is 14.9. The highest BCUT2D eigenvalue weighted by molar-refractivity contribution is 7.18. The molecule has 2 aliphatic carbocycles. The Balaban J connectivity index is 1.61. The molecule has 2 heterocycles. The Morgan fingerprint density at radius 2 is 2.11 bits per heavy atom. The van der Waals surface area contributed by atoms with Crippen LogP contribution in [0.4, 0.5) is 0 Å². The average Bonchev–Trinajstić information content (AvgIpc) is 3.20. The number of fused-ring (bicyclic) bond motifs is 3. The molecular weight excluding hydrogens is 364 g/mol. The molecule has 1 saturated heterocycles. The first kappa shape index (κ1) is 16.9. The molecular formula is C20H20N2O4S.